The number of aliphatic carboxylic acids is 1. The zero-order valence-electron chi connectivity index (χ0n) is 3.85. The highest BCUT2D eigenvalue weighted by Crippen LogP contribution is 1.73. The normalized spacial score (nSPS) is 5.86. The summed E-state index contributed by atoms with van der Waals surface area (Å²) in [6.07, 6.45) is 0. The smallest absolute Gasteiger partial charge is 0.314 e. The van der Waals surface area contributed by atoms with Gasteiger partial charge in [0.15, 0.2) is 0 Å². The van der Waals surface area contributed by atoms with Gasteiger partial charge >= 0.3 is 5.97 Å². The van der Waals surface area contributed by atoms with Crippen molar-refractivity contribution < 1.29 is 9.90 Å². The molecule has 0 aromatic carbocycles. The summed E-state index contributed by atoms with van der Waals surface area (Å²) in [5.74, 6) is -0.829. The quantitative estimate of drug-likeness (QED) is 0.471. The van der Waals surface area contributed by atoms with E-state index in [1.807, 2.05) is 0 Å². The number of rotatable bonds is 1. The molecule has 0 saturated carbocycles. The molecule has 0 atom stereocenters. The molecule has 0 rings (SSSR count). The van der Waals surface area contributed by atoms with Crippen LogP contribution in [-0.4, -0.2) is 16.4 Å². The lowest BCUT2D eigenvalue weighted by atomic mass is 10.8. The summed E-state index contributed by atoms with van der Waals surface area (Å²) in [5, 5.41) is 7.71. The third-order valence-corrected chi connectivity index (χ3v) is 0.594. The van der Waals surface area contributed by atoms with Gasteiger partial charge in [-0.15, -0.1) is 13.2 Å². The van der Waals surface area contributed by atoms with Crippen LogP contribution in [0, 0.1) is 0 Å². The Morgan fingerprint density at radius 1 is 1.71 bits per heavy atom. The molecule has 0 amide bonds. The van der Waals surface area contributed by atoms with E-state index in [4.69, 9.17) is 5.11 Å². The van der Waals surface area contributed by atoms with Crippen molar-refractivity contribution in [3.8, 4) is 0 Å². The maximum Gasteiger partial charge on any atom is 0.314 e. The van der Waals surface area contributed by atoms with E-state index in [9.17, 15) is 4.79 Å². The van der Waals surface area contributed by atoms with Gasteiger partial charge in [0, 0.05) is 0 Å². The standard InChI is InChI=1S/C2H3BrO2.C2H4/c3-1-2(4)5;1-2/h1H2,(H,4,5);1-2H2. The summed E-state index contributed by atoms with van der Waals surface area (Å²) in [6.45, 7) is 6.00. The van der Waals surface area contributed by atoms with Crippen LogP contribution in [-0.2, 0) is 4.79 Å². The number of carboxylic acids is 1. The molecule has 0 aromatic rings. The van der Waals surface area contributed by atoms with E-state index < -0.39 is 5.97 Å². The van der Waals surface area contributed by atoms with Crippen LogP contribution in [0.25, 0.3) is 0 Å². The second-order valence-corrected chi connectivity index (χ2v) is 1.09. The van der Waals surface area contributed by atoms with Gasteiger partial charge in [-0.2, -0.15) is 0 Å². The Morgan fingerprint density at radius 2 is 1.86 bits per heavy atom. The molecule has 0 saturated heterocycles. The summed E-state index contributed by atoms with van der Waals surface area (Å²) in [5.41, 5.74) is 0. The number of carboxylic acid groups (broad SMARTS) is 1. The first-order valence-corrected chi connectivity index (χ1v) is 2.67. The van der Waals surface area contributed by atoms with Crippen molar-refractivity contribution in [3.05, 3.63) is 13.2 Å². The number of hydrogen-bond acceptors (Lipinski definition) is 1. The first-order valence-electron chi connectivity index (χ1n) is 1.55. The van der Waals surface area contributed by atoms with Gasteiger partial charge in [0.1, 0.15) is 5.33 Å². The monoisotopic (exact) mass is 166 g/mol. The SMILES string of the molecule is C=C.O=C(O)CBr. The first kappa shape index (κ1) is 9.85. The van der Waals surface area contributed by atoms with Crippen molar-refractivity contribution in [2.45, 2.75) is 0 Å². The van der Waals surface area contributed by atoms with Crippen molar-refractivity contribution in [3.63, 3.8) is 0 Å². The lowest BCUT2D eigenvalue weighted by molar-refractivity contribution is -0.133. The number of alkyl halides is 1. The third kappa shape index (κ3) is 27.1. The Bertz CT molecular complexity index is 53.7. The number of hydrogen-bond donors (Lipinski definition) is 1. The molecule has 0 bridgehead atoms. The van der Waals surface area contributed by atoms with Gasteiger partial charge in [-0.05, 0) is 0 Å². The first-order chi connectivity index (χ1) is 3.27. The largest absolute Gasteiger partial charge is 0.481 e. The molecular weight excluding hydrogens is 160 g/mol. The topological polar surface area (TPSA) is 37.3 Å². The minimum atomic E-state index is -0.829. The number of halogens is 1. The van der Waals surface area contributed by atoms with E-state index >= 15 is 0 Å². The van der Waals surface area contributed by atoms with Crippen molar-refractivity contribution in [1.29, 1.82) is 0 Å². The molecule has 1 N–H and O–H groups in total. The van der Waals surface area contributed by atoms with E-state index in [0.717, 1.165) is 0 Å². The van der Waals surface area contributed by atoms with Crippen LogP contribution < -0.4 is 0 Å². The van der Waals surface area contributed by atoms with E-state index in [2.05, 4.69) is 29.1 Å². The van der Waals surface area contributed by atoms with Crippen LogP contribution in [0.4, 0.5) is 0 Å². The highest BCUT2D eigenvalue weighted by Gasteiger charge is 1.83. The molecule has 0 unspecified atom stereocenters. The molecule has 3 heteroatoms. The fraction of sp³-hybridized carbons (Fsp3) is 0.250. The van der Waals surface area contributed by atoms with Crippen LogP contribution >= 0.6 is 15.9 Å². The van der Waals surface area contributed by atoms with Gasteiger partial charge < -0.3 is 5.11 Å². The van der Waals surface area contributed by atoms with Gasteiger partial charge in [0.2, 0.25) is 0 Å². The minimum Gasteiger partial charge on any atom is -0.481 e. The summed E-state index contributed by atoms with van der Waals surface area (Å²) in [6, 6.07) is 0. The minimum absolute atomic E-state index is 0.0347. The van der Waals surface area contributed by atoms with Gasteiger partial charge in [-0.25, -0.2) is 0 Å². The summed E-state index contributed by atoms with van der Waals surface area (Å²) < 4.78 is 0. The van der Waals surface area contributed by atoms with E-state index in [0.29, 0.717) is 0 Å². The van der Waals surface area contributed by atoms with Gasteiger partial charge in [0.25, 0.3) is 0 Å². The second kappa shape index (κ2) is 9.19. The Labute approximate surface area is 51.0 Å². The maximum absolute atomic E-state index is 9.32. The predicted molar refractivity (Wildman–Crippen MR) is 32.7 cm³/mol. The molecule has 0 aliphatic carbocycles. The Morgan fingerprint density at radius 3 is 1.86 bits per heavy atom. The van der Waals surface area contributed by atoms with Crippen LogP contribution in [0.5, 0.6) is 0 Å². The summed E-state index contributed by atoms with van der Waals surface area (Å²) in [4.78, 5) is 9.32. The van der Waals surface area contributed by atoms with Gasteiger partial charge in [-0.1, -0.05) is 15.9 Å². The average molecular weight is 167 g/mol. The predicted octanol–water partition coefficient (Wildman–Crippen LogP) is 1.27. The highest BCUT2D eigenvalue weighted by atomic mass is 79.9. The molecule has 7 heavy (non-hydrogen) atoms. The molecule has 0 aliphatic rings. The van der Waals surface area contributed by atoms with Crippen LogP contribution in [0.2, 0.25) is 0 Å². The molecule has 2 nitrogen and oxygen atoms in total. The fourth-order valence-corrected chi connectivity index (χ4v) is 0. The van der Waals surface area contributed by atoms with E-state index in [-0.39, 0.29) is 5.33 Å². The van der Waals surface area contributed by atoms with Crippen LogP contribution in [0.15, 0.2) is 13.2 Å². The van der Waals surface area contributed by atoms with E-state index in [1.165, 1.54) is 0 Å². The molecule has 0 aliphatic heterocycles. The van der Waals surface area contributed by atoms with E-state index in [1.54, 1.807) is 0 Å². The third-order valence-electron chi connectivity index (χ3n) is 0.114. The zero-order valence-corrected chi connectivity index (χ0v) is 5.44. The molecule has 0 aromatic heterocycles. The zero-order chi connectivity index (χ0) is 6.28. The summed E-state index contributed by atoms with van der Waals surface area (Å²) >= 11 is 2.71. The van der Waals surface area contributed by atoms with Gasteiger partial charge in [-0.3, -0.25) is 4.79 Å². The molecule has 0 spiro atoms. The Kier molecular flexibility index (Phi) is 12.9. The molecular formula is C4H7BrO2. The second-order valence-electron chi connectivity index (χ2n) is 0.527. The average Bonchev–Trinajstić information content (AvgIpc) is 1.73. The van der Waals surface area contributed by atoms with Crippen molar-refractivity contribution in [1.82, 2.24) is 0 Å². The lowest BCUT2D eigenvalue weighted by Gasteiger charge is -1.70. The van der Waals surface area contributed by atoms with Gasteiger partial charge in [0.05, 0.1) is 0 Å². The Balaban J connectivity index is 0. The molecule has 0 radical (unpaired) electrons. The van der Waals surface area contributed by atoms with Crippen molar-refractivity contribution in [2.24, 2.45) is 0 Å². The van der Waals surface area contributed by atoms with Crippen LogP contribution in [0.1, 0.15) is 0 Å². The molecule has 0 fully saturated rings. The Hall–Kier alpha value is -0.310. The highest BCUT2D eigenvalue weighted by molar-refractivity contribution is 9.09. The lowest BCUT2D eigenvalue weighted by Crippen LogP contribution is -1.92. The molecule has 0 heterocycles. The molecule has 42 valence electrons. The van der Waals surface area contributed by atoms with Crippen molar-refractivity contribution in [2.75, 3.05) is 5.33 Å². The fourth-order valence-electron chi connectivity index (χ4n) is 0. The van der Waals surface area contributed by atoms with Crippen molar-refractivity contribution >= 4 is 21.9 Å². The van der Waals surface area contributed by atoms with Crippen LogP contribution in [0.3, 0.4) is 0 Å². The number of carbonyl (C=O) groups is 1. The maximum atomic E-state index is 9.32. The summed E-state index contributed by atoms with van der Waals surface area (Å²) in [7, 11) is 0.